The molecule has 1 aliphatic rings. The van der Waals surface area contributed by atoms with Crippen LogP contribution in [0.1, 0.15) is 16.7 Å². The molecule has 1 heterocycles. The number of ether oxygens (including phenoxy) is 3. The second kappa shape index (κ2) is 9.73. The van der Waals surface area contributed by atoms with Gasteiger partial charge in [-0.15, -0.1) is 0 Å². The molecule has 2 aromatic rings. The maximum Gasteiger partial charge on any atom is 0.331 e. The van der Waals surface area contributed by atoms with E-state index in [0.717, 1.165) is 16.7 Å². The van der Waals surface area contributed by atoms with E-state index in [2.05, 4.69) is 0 Å². The number of amides is 1. The van der Waals surface area contributed by atoms with Crippen molar-refractivity contribution in [1.82, 2.24) is 4.90 Å². The number of fused-ring (bicyclic) bond motifs is 1. The molecule has 1 atom stereocenters. The van der Waals surface area contributed by atoms with E-state index in [-0.39, 0.29) is 6.54 Å². The Morgan fingerprint density at radius 1 is 1.07 bits per heavy atom. The zero-order valence-electron chi connectivity index (χ0n) is 16.9. The van der Waals surface area contributed by atoms with Gasteiger partial charge in [0.1, 0.15) is 11.8 Å². The summed E-state index contributed by atoms with van der Waals surface area (Å²) in [4.78, 5) is 38.3. The molecule has 2 aromatic carbocycles. The maximum atomic E-state index is 12.7. The van der Waals surface area contributed by atoms with Crippen molar-refractivity contribution in [2.45, 2.75) is 19.0 Å². The highest BCUT2D eigenvalue weighted by atomic mass is 16.5. The molecule has 3 rings (SSSR count). The van der Waals surface area contributed by atoms with Gasteiger partial charge in [0, 0.05) is 19.0 Å². The van der Waals surface area contributed by atoms with Crippen LogP contribution >= 0.6 is 0 Å². The number of carbonyl (C=O) groups excluding carboxylic acids is 3. The summed E-state index contributed by atoms with van der Waals surface area (Å²) in [6, 6.07) is 14.0. The Bertz CT molecular complexity index is 968. The van der Waals surface area contributed by atoms with Gasteiger partial charge < -0.3 is 19.1 Å². The van der Waals surface area contributed by atoms with Crippen molar-refractivity contribution in [2.75, 3.05) is 20.8 Å². The number of hydrogen-bond donors (Lipinski definition) is 0. The molecule has 0 saturated carbocycles. The summed E-state index contributed by atoms with van der Waals surface area (Å²) in [5.41, 5.74) is 2.71. The third kappa shape index (κ3) is 5.05. The minimum atomic E-state index is -0.747. The first-order valence-corrected chi connectivity index (χ1v) is 9.44. The molecule has 7 nitrogen and oxygen atoms in total. The molecule has 0 unspecified atom stereocenters. The molecular weight excluding hydrogens is 386 g/mol. The van der Waals surface area contributed by atoms with Crippen LogP contribution in [-0.2, 0) is 36.8 Å². The highest BCUT2D eigenvalue weighted by molar-refractivity contribution is 5.90. The Morgan fingerprint density at radius 3 is 2.57 bits per heavy atom. The van der Waals surface area contributed by atoms with Crippen molar-refractivity contribution in [1.29, 1.82) is 0 Å². The van der Waals surface area contributed by atoms with Crippen molar-refractivity contribution < 1.29 is 28.6 Å². The molecule has 0 aromatic heterocycles. The predicted molar refractivity (Wildman–Crippen MR) is 109 cm³/mol. The van der Waals surface area contributed by atoms with Gasteiger partial charge in [0.05, 0.1) is 14.2 Å². The van der Waals surface area contributed by atoms with Crippen molar-refractivity contribution in [3.05, 3.63) is 71.3 Å². The smallest absolute Gasteiger partial charge is 0.331 e. The molecule has 0 fully saturated rings. The fourth-order valence-electron chi connectivity index (χ4n) is 3.31. The maximum absolute atomic E-state index is 12.7. The molecule has 0 saturated heterocycles. The number of esters is 2. The number of hydrogen-bond acceptors (Lipinski definition) is 6. The largest absolute Gasteiger partial charge is 0.497 e. The van der Waals surface area contributed by atoms with Crippen LogP contribution in [0.5, 0.6) is 5.75 Å². The van der Waals surface area contributed by atoms with Crippen LogP contribution in [0.3, 0.4) is 0 Å². The lowest BCUT2D eigenvalue weighted by Gasteiger charge is -2.35. The highest BCUT2D eigenvalue weighted by Crippen LogP contribution is 2.24. The molecule has 0 N–H and O–H groups in total. The second-order valence-corrected chi connectivity index (χ2v) is 6.75. The summed E-state index contributed by atoms with van der Waals surface area (Å²) >= 11 is 0. The molecule has 156 valence electrons. The van der Waals surface area contributed by atoms with Gasteiger partial charge in [-0.25, -0.2) is 9.59 Å². The lowest BCUT2D eigenvalue weighted by atomic mass is 9.94. The van der Waals surface area contributed by atoms with Crippen LogP contribution in [0, 0.1) is 0 Å². The van der Waals surface area contributed by atoms with Gasteiger partial charge in [-0.1, -0.05) is 36.4 Å². The Morgan fingerprint density at radius 2 is 1.83 bits per heavy atom. The third-order valence-electron chi connectivity index (χ3n) is 4.89. The molecular formula is C23H23NO6. The van der Waals surface area contributed by atoms with Gasteiger partial charge in [0.2, 0.25) is 0 Å². The molecule has 0 bridgehead atoms. The number of rotatable bonds is 6. The minimum Gasteiger partial charge on any atom is -0.497 e. The molecule has 0 spiro atoms. The average Bonchev–Trinajstić information content (AvgIpc) is 2.79. The predicted octanol–water partition coefficient (Wildman–Crippen LogP) is 2.38. The summed E-state index contributed by atoms with van der Waals surface area (Å²) in [5, 5.41) is 0. The number of benzene rings is 2. The van der Waals surface area contributed by atoms with Crippen LogP contribution in [0.4, 0.5) is 0 Å². The van der Waals surface area contributed by atoms with Gasteiger partial charge in [-0.3, -0.25) is 4.79 Å². The van der Waals surface area contributed by atoms with E-state index in [1.54, 1.807) is 31.4 Å². The van der Waals surface area contributed by atoms with E-state index in [9.17, 15) is 14.4 Å². The number of nitrogens with zero attached hydrogens (tertiary/aromatic N) is 1. The van der Waals surface area contributed by atoms with E-state index in [1.165, 1.54) is 18.1 Å². The Kier molecular flexibility index (Phi) is 6.85. The Hall–Kier alpha value is -3.61. The standard InChI is InChI=1S/C23H23NO6/c1-28-19-9-5-6-16(12-19)10-11-22(26)30-15-21(25)24-14-18-8-4-3-7-17(18)13-20(24)23(27)29-2/h3-12,20H,13-15H2,1-2H3/b11-10+/t20-/m0/s1. The molecule has 0 aliphatic carbocycles. The van der Waals surface area contributed by atoms with Crippen molar-refractivity contribution in [3.8, 4) is 5.75 Å². The first-order valence-electron chi connectivity index (χ1n) is 9.44. The summed E-state index contributed by atoms with van der Waals surface area (Å²) in [6.45, 7) is -0.205. The fourth-order valence-corrected chi connectivity index (χ4v) is 3.31. The van der Waals surface area contributed by atoms with Crippen molar-refractivity contribution >= 4 is 23.9 Å². The van der Waals surface area contributed by atoms with Crippen LogP contribution in [0.25, 0.3) is 6.08 Å². The minimum absolute atomic E-state index is 0.256. The summed E-state index contributed by atoms with van der Waals surface area (Å²) in [6.07, 6.45) is 3.17. The lowest BCUT2D eigenvalue weighted by Crippen LogP contribution is -2.50. The second-order valence-electron chi connectivity index (χ2n) is 6.75. The van der Waals surface area contributed by atoms with Crippen LogP contribution in [-0.4, -0.2) is 49.6 Å². The zero-order valence-corrected chi connectivity index (χ0v) is 16.9. The quantitative estimate of drug-likeness (QED) is 0.538. The summed E-state index contributed by atoms with van der Waals surface area (Å²) < 4.78 is 15.1. The Balaban J connectivity index is 1.63. The van der Waals surface area contributed by atoms with Crippen LogP contribution in [0.15, 0.2) is 54.6 Å². The van der Waals surface area contributed by atoms with E-state index < -0.39 is 30.5 Å². The lowest BCUT2D eigenvalue weighted by molar-refractivity contribution is -0.158. The highest BCUT2D eigenvalue weighted by Gasteiger charge is 2.35. The van der Waals surface area contributed by atoms with Crippen molar-refractivity contribution in [2.24, 2.45) is 0 Å². The SMILES string of the molecule is COC(=O)[C@@H]1Cc2ccccc2CN1C(=O)COC(=O)/C=C/c1cccc(OC)c1. The molecule has 1 amide bonds. The number of carbonyl (C=O) groups is 3. The average molecular weight is 409 g/mol. The molecule has 0 radical (unpaired) electrons. The first-order chi connectivity index (χ1) is 14.5. The fraction of sp³-hybridized carbons (Fsp3) is 0.261. The van der Waals surface area contributed by atoms with Crippen LogP contribution in [0.2, 0.25) is 0 Å². The van der Waals surface area contributed by atoms with Gasteiger partial charge >= 0.3 is 11.9 Å². The molecule has 1 aliphatic heterocycles. The monoisotopic (exact) mass is 409 g/mol. The van der Waals surface area contributed by atoms with Crippen molar-refractivity contribution in [3.63, 3.8) is 0 Å². The summed E-state index contributed by atoms with van der Waals surface area (Å²) in [7, 11) is 2.85. The van der Waals surface area contributed by atoms with Gasteiger partial charge in [0.25, 0.3) is 5.91 Å². The topological polar surface area (TPSA) is 82.1 Å². The van der Waals surface area contributed by atoms with Gasteiger partial charge in [-0.2, -0.15) is 0 Å². The first kappa shape index (κ1) is 21.1. The Labute approximate surface area is 174 Å². The van der Waals surface area contributed by atoms with Crippen LogP contribution < -0.4 is 4.74 Å². The number of methoxy groups -OCH3 is 2. The molecule has 7 heteroatoms. The zero-order chi connectivity index (χ0) is 21.5. The van der Waals surface area contributed by atoms with Gasteiger partial charge in [0.15, 0.2) is 6.61 Å². The summed E-state index contributed by atoms with van der Waals surface area (Å²) in [5.74, 6) is -0.941. The van der Waals surface area contributed by atoms with E-state index in [1.807, 2.05) is 30.3 Å². The third-order valence-corrected chi connectivity index (χ3v) is 4.89. The van der Waals surface area contributed by atoms with Gasteiger partial charge in [-0.05, 0) is 34.9 Å². The van der Waals surface area contributed by atoms with E-state index >= 15 is 0 Å². The molecule has 30 heavy (non-hydrogen) atoms. The van der Waals surface area contributed by atoms with E-state index in [0.29, 0.717) is 12.2 Å². The van der Waals surface area contributed by atoms with E-state index in [4.69, 9.17) is 14.2 Å². The normalized spacial score (nSPS) is 15.4.